The minimum atomic E-state index is -0.273. The number of nitrogens with one attached hydrogen (secondary N) is 2. The Bertz CT molecular complexity index is 681. The first-order chi connectivity index (χ1) is 11.4. The number of thiocarbonyl (C=S) groups is 1. The van der Waals surface area contributed by atoms with Crippen LogP contribution >= 0.6 is 12.2 Å². The molecule has 0 aliphatic rings. The van der Waals surface area contributed by atoms with E-state index in [-0.39, 0.29) is 11.2 Å². The van der Waals surface area contributed by atoms with Gasteiger partial charge in [-0.15, -0.1) is 0 Å². The van der Waals surface area contributed by atoms with Gasteiger partial charge in [-0.2, -0.15) is 0 Å². The van der Waals surface area contributed by atoms with Crippen LogP contribution in [-0.2, 0) is 5.41 Å². The normalized spacial score (nSPS) is 11.0. The number of para-hydroxylation sites is 1. The fraction of sp³-hybridized carbons (Fsp3) is 0.316. The third kappa shape index (κ3) is 5.49. The van der Waals surface area contributed by atoms with Crippen molar-refractivity contribution in [2.45, 2.75) is 26.2 Å². The SMILES string of the molecule is CC(C)(C)c1ccccc1OCCNC(=S)Nc1ccc(F)cc1. The van der Waals surface area contributed by atoms with E-state index in [0.29, 0.717) is 18.3 Å². The summed E-state index contributed by atoms with van der Waals surface area (Å²) in [6.07, 6.45) is 0. The first-order valence-electron chi connectivity index (χ1n) is 7.89. The standard InChI is InChI=1S/C19H23FN2OS/c1-19(2,3)16-6-4-5-7-17(16)23-13-12-21-18(24)22-15-10-8-14(20)9-11-15/h4-11H,12-13H2,1-3H3,(H2,21,22,24). The highest BCUT2D eigenvalue weighted by Crippen LogP contribution is 2.30. The predicted molar refractivity (Wildman–Crippen MR) is 101 cm³/mol. The summed E-state index contributed by atoms with van der Waals surface area (Å²) in [4.78, 5) is 0. The molecule has 128 valence electrons. The maximum Gasteiger partial charge on any atom is 0.170 e. The van der Waals surface area contributed by atoms with E-state index in [1.807, 2.05) is 18.2 Å². The molecule has 0 spiro atoms. The zero-order valence-corrected chi connectivity index (χ0v) is 15.0. The van der Waals surface area contributed by atoms with Crippen molar-refractivity contribution in [3.05, 3.63) is 59.9 Å². The van der Waals surface area contributed by atoms with Crippen LogP contribution in [0.15, 0.2) is 48.5 Å². The molecule has 0 atom stereocenters. The lowest BCUT2D eigenvalue weighted by atomic mass is 9.86. The van der Waals surface area contributed by atoms with E-state index in [0.717, 1.165) is 11.4 Å². The van der Waals surface area contributed by atoms with E-state index in [1.165, 1.54) is 17.7 Å². The zero-order chi connectivity index (χ0) is 17.6. The Morgan fingerprint density at radius 1 is 1.08 bits per heavy atom. The maximum atomic E-state index is 12.9. The summed E-state index contributed by atoms with van der Waals surface area (Å²) in [7, 11) is 0. The van der Waals surface area contributed by atoms with Gasteiger partial charge in [-0.05, 0) is 53.5 Å². The zero-order valence-electron chi connectivity index (χ0n) is 14.2. The lowest BCUT2D eigenvalue weighted by molar-refractivity contribution is 0.313. The van der Waals surface area contributed by atoms with Gasteiger partial charge >= 0.3 is 0 Å². The summed E-state index contributed by atoms with van der Waals surface area (Å²) in [6, 6.07) is 14.1. The van der Waals surface area contributed by atoms with E-state index >= 15 is 0 Å². The molecule has 2 N–H and O–H groups in total. The summed E-state index contributed by atoms with van der Waals surface area (Å²) in [6.45, 7) is 7.56. The molecule has 2 aromatic carbocycles. The number of ether oxygens (including phenoxy) is 1. The molecule has 0 aromatic heterocycles. The smallest absolute Gasteiger partial charge is 0.170 e. The molecule has 0 radical (unpaired) electrons. The largest absolute Gasteiger partial charge is 0.491 e. The van der Waals surface area contributed by atoms with E-state index in [4.69, 9.17) is 17.0 Å². The van der Waals surface area contributed by atoms with Crippen molar-refractivity contribution >= 4 is 23.0 Å². The molecule has 3 nitrogen and oxygen atoms in total. The molecule has 0 saturated heterocycles. The van der Waals surface area contributed by atoms with Crippen LogP contribution in [0, 0.1) is 5.82 Å². The fourth-order valence-electron chi connectivity index (χ4n) is 2.25. The summed E-state index contributed by atoms with van der Waals surface area (Å²) in [5, 5.41) is 6.56. The second kappa shape index (κ2) is 8.11. The summed E-state index contributed by atoms with van der Waals surface area (Å²) in [5.74, 6) is 0.620. The van der Waals surface area contributed by atoms with Gasteiger partial charge in [0, 0.05) is 5.69 Å². The Labute approximate surface area is 148 Å². The quantitative estimate of drug-likeness (QED) is 0.617. The van der Waals surface area contributed by atoms with Crippen LogP contribution in [0.5, 0.6) is 5.75 Å². The van der Waals surface area contributed by atoms with Gasteiger partial charge in [0.25, 0.3) is 0 Å². The van der Waals surface area contributed by atoms with Gasteiger partial charge in [0.05, 0.1) is 6.54 Å². The molecule has 0 aliphatic heterocycles. The van der Waals surface area contributed by atoms with Gasteiger partial charge in [0.2, 0.25) is 0 Å². The second-order valence-electron chi connectivity index (χ2n) is 6.48. The van der Waals surface area contributed by atoms with Gasteiger partial charge in [0.1, 0.15) is 18.2 Å². The highest BCUT2D eigenvalue weighted by Gasteiger charge is 2.18. The van der Waals surface area contributed by atoms with Crippen LogP contribution < -0.4 is 15.4 Å². The van der Waals surface area contributed by atoms with Crippen LogP contribution in [0.1, 0.15) is 26.3 Å². The Morgan fingerprint density at radius 3 is 2.42 bits per heavy atom. The Hall–Kier alpha value is -2.14. The van der Waals surface area contributed by atoms with Crippen molar-refractivity contribution in [2.24, 2.45) is 0 Å². The van der Waals surface area contributed by atoms with Crippen LogP contribution in [-0.4, -0.2) is 18.3 Å². The highest BCUT2D eigenvalue weighted by molar-refractivity contribution is 7.80. The number of hydrogen-bond acceptors (Lipinski definition) is 2. The average molecular weight is 346 g/mol. The van der Waals surface area contributed by atoms with Crippen LogP contribution in [0.2, 0.25) is 0 Å². The third-order valence-electron chi connectivity index (χ3n) is 3.44. The lowest BCUT2D eigenvalue weighted by Gasteiger charge is -2.22. The minimum Gasteiger partial charge on any atom is -0.491 e. The Kier molecular flexibility index (Phi) is 6.15. The maximum absolute atomic E-state index is 12.9. The topological polar surface area (TPSA) is 33.3 Å². The Balaban J connectivity index is 1.79. The number of benzene rings is 2. The molecule has 0 bridgehead atoms. The van der Waals surface area contributed by atoms with Gasteiger partial charge < -0.3 is 15.4 Å². The molecule has 0 amide bonds. The third-order valence-corrected chi connectivity index (χ3v) is 3.69. The molecule has 0 unspecified atom stereocenters. The summed E-state index contributed by atoms with van der Waals surface area (Å²) >= 11 is 5.21. The van der Waals surface area contributed by atoms with Crippen molar-refractivity contribution < 1.29 is 9.13 Å². The molecule has 0 saturated carbocycles. The van der Waals surface area contributed by atoms with E-state index in [1.54, 1.807) is 12.1 Å². The molecule has 2 aromatic rings. The number of halogens is 1. The van der Waals surface area contributed by atoms with Crippen LogP contribution in [0.4, 0.5) is 10.1 Å². The van der Waals surface area contributed by atoms with Crippen molar-refractivity contribution in [3.63, 3.8) is 0 Å². The molecule has 24 heavy (non-hydrogen) atoms. The van der Waals surface area contributed by atoms with Gasteiger partial charge in [-0.3, -0.25) is 0 Å². The minimum absolute atomic E-state index is 0.0312. The first kappa shape index (κ1) is 18.2. The average Bonchev–Trinajstić information content (AvgIpc) is 2.53. The molecule has 0 fully saturated rings. The van der Waals surface area contributed by atoms with E-state index in [9.17, 15) is 4.39 Å². The predicted octanol–water partition coefficient (Wildman–Crippen LogP) is 4.49. The number of hydrogen-bond donors (Lipinski definition) is 2. The second-order valence-corrected chi connectivity index (χ2v) is 6.89. The Morgan fingerprint density at radius 2 is 1.75 bits per heavy atom. The molecule has 5 heteroatoms. The van der Waals surface area contributed by atoms with Gasteiger partial charge in [-0.25, -0.2) is 4.39 Å². The van der Waals surface area contributed by atoms with Crippen molar-refractivity contribution in [1.29, 1.82) is 0 Å². The van der Waals surface area contributed by atoms with Crippen LogP contribution in [0.3, 0.4) is 0 Å². The first-order valence-corrected chi connectivity index (χ1v) is 8.30. The molecule has 0 heterocycles. The molecule has 2 rings (SSSR count). The number of rotatable bonds is 5. The molecular weight excluding hydrogens is 323 g/mol. The van der Waals surface area contributed by atoms with E-state index in [2.05, 4.69) is 37.5 Å². The summed E-state index contributed by atoms with van der Waals surface area (Å²) in [5.41, 5.74) is 1.95. The number of anilines is 1. The highest BCUT2D eigenvalue weighted by atomic mass is 32.1. The molecular formula is C19H23FN2OS. The van der Waals surface area contributed by atoms with Crippen molar-refractivity contribution in [2.75, 3.05) is 18.5 Å². The van der Waals surface area contributed by atoms with Crippen LogP contribution in [0.25, 0.3) is 0 Å². The fourth-order valence-corrected chi connectivity index (χ4v) is 2.47. The lowest BCUT2D eigenvalue weighted by Crippen LogP contribution is -2.32. The monoisotopic (exact) mass is 346 g/mol. The van der Waals surface area contributed by atoms with E-state index < -0.39 is 0 Å². The molecule has 0 aliphatic carbocycles. The summed E-state index contributed by atoms with van der Waals surface area (Å²) < 4.78 is 18.7. The van der Waals surface area contributed by atoms with Gasteiger partial charge in [-0.1, -0.05) is 39.0 Å². The van der Waals surface area contributed by atoms with Crippen molar-refractivity contribution in [1.82, 2.24) is 5.32 Å². The van der Waals surface area contributed by atoms with Gasteiger partial charge in [0.15, 0.2) is 5.11 Å². The van der Waals surface area contributed by atoms with Crippen molar-refractivity contribution in [3.8, 4) is 5.75 Å².